The van der Waals surface area contributed by atoms with Gasteiger partial charge in [-0.25, -0.2) is 4.79 Å². The van der Waals surface area contributed by atoms with Crippen LogP contribution in [0.4, 0.5) is 23.7 Å². The van der Waals surface area contributed by atoms with Crippen molar-refractivity contribution in [2.45, 2.75) is 45.0 Å². The smallest absolute Gasteiger partial charge is 0.406 e. The van der Waals surface area contributed by atoms with E-state index >= 15 is 0 Å². The first kappa shape index (κ1) is 30.3. The van der Waals surface area contributed by atoms with E-state index in [0.717, 1.165) is 63.7 Å². The lowest BCUT2D eigenvalue weighted by molar-refractivity contribution is -0.274. The third-order valence-electron chi connectivity index (χ3n) is 7.95. The molecule has 0 spiro atoms. The topological polar surface area (TPSA) is 73.9 Å². The molecule has 11 heteroatoms. The summed E-state index contributed by atoms with van der Waals surface area (Å²) < 4.78 is 47.1. The molecule has 3 heterocycles. The van der Waals surface area contributed by atoms with Gasteiger partial charge in [-0.3, -0.25) is 4.90 Å². The van der Waals surface area contributed by atoms with Gasteiger partial charge in [0, 0.05) is 31.0 Å². The van der Waals surface area contributed by atoms with Gasteiger partial charge in [-0.15, -0.1) is 33.9 Å². The number of hydrogen-bond donors (Lipinski definition) is 2. The molecule has 0 saturated carbocycles. The third kappa shape index (κ3) is 7.96. The van der Waals surface area contributed by atoms with Crippen LogP contribution < -0.4 is 15.4 Å². The van der Waals surface area contributed by atoms with Crippen LogP contribution in [0.5, 0.6) is 5.75 Å². The zero-order valence-electron chi connectivity index (χ0n) is 22.6. The Morgan fingerprint density at radius 3 is 2.42 bits per heavy atom. The molecule has 218 valence electrons. The number of benzene rings is 1. The van der Waals surface area contributed by atoms with Crippen LogP contribution in [-0.2, 0) is 4.79 Å². The minimum atomic E-state index is -4.76. The largest absolute Gasteiger partial charge is 0.573 e. The van der Waals surface area contributed by atoms with Crippen molar-refractivity contribution in [3.8, 4) is 5.75 Å². The number of anilines is 1. The third-order valence-corrected chi connectivity index (χ3v) is 8.82. The summed E-state index contributed by atoms with van der Waals surface area (Å²) in [7, 11) is 0. The maximum absolute atomic E-state index is 12.7. The first-order chi connectivity index (χ1) is 19.2. The van der Waals surface area contributed by atoms with Crippen molar-refractivity contribution in [2.24, 2.45) is 11.8 Å². The highest BCUT2D eigenvalue weighted by atomic mass is 127. The molecule has 1 atom stereocenters. The molecular formula is C29H36F3IN4O3. The van der Waals surface area contributed by atoms with E-state index in [2.05, 4.69) is 47.9 Å². The highest BCUT2D eigenvalue weighted by molar-refractivity contribution is 14.2. The van der Waals surface area contributed by atoms with Crippen LogP contribution >= 0.6 is 20.7 Å². The first-order valence-electron chi connectivity index (χ1n) is 13.5. The molecule has 4 rings (SSSR count). The Balaban J connectivity index is 1.26. The van der Waals surface area contributed by atoms with Crippen LogP contribution in [0.3, 0.4) is 0 Å². The Morgan fingerprint density at radius 2 is 1.82 bits per heavy atom. The average Bonchev–Trinajstić information content (AvgIpc) is 2.94. The van der Waals surface area contributed by atoms with Gasteiger partial charge in [0.2, 0.25) is 0 Å². The van der Waals surface area contributed by atoms with Gasteiger partial charge in [0.05, 0.1) is 6.04 Å². The van der Waals surface area contributed by atoms with E-state index in [4.69, 9.17) is 0 Å². The fourth-order valence-corrected chi connectivity index (χ4v) is 6.48. The van der Waals surface area contributed by atoms with E-state index < -0.39 is 6.36 Å². The molecule has 2 saturated heterocycles. The predicted molar refractivity (Wildman–Crippen MR) is 160 cm³/mol. The summed E-state index contributed by atoms with van der Waals surface area (Å²) in [4.78, 5) is 28.9. The number of allylic oxidation sites excluding steroid dienone is 3. The van der Waals surface area contributed by atoms with Gasteiger partial charge in [0.1, 0.15) is 12.0 Å². The zero-order valence-corrected chi connectivity index (χ0v) is 24.7. The maximum Gasteiger partial charge on any atom is 0.573 e. The molecule has 0 aliphatic carbocycles. The lowest BCUT2D eigenvalue weighted by Gasteiger charge is -2.42. The van der Waals surface area contributed by atoms with E-state index in [1.54, 1.807) is 4.90 Å². The van der Waals surface area contributed by atoms with E-state index in [9.17, 15) is 22.8 Å². The van der Waals surface area contributed by atoms with Crippen LogP contribution in [0.2, 0.25) is 0 Å². The molecule has 2 fully saturated rings. The number of carbonyl (C=O) groups is 2. The number of urea groups is 1. The van der Waals surface area contributed by atoms with E-state index in [-0.39, 0.29) is 44.5 Å². The molecule has 2 amide bonds. The number of nitrogens with one attached hydrogen (secondary N) is 2. The number of amides is 2. The standard InChI is InChI=1S/C29H36F3IN4O3/c1-20-25(8-14-34-26(20)7-13-33-2)21-9-15-36(16-10-21)27(19-38)22-11-17-37(18-12-22)28(39)35-23-3-5-24(6-4-23)40-29(30,31)32/h3-8,13,19,21-22,27,34H,2,9-12,14-18H2,1H3,(H,35,39)/b13-7-. The normalized spacial score (nSPS) is 20.7. The summed E-state index contributed by atoms with van der Waals surface area (Å²) in [6, 6.07) is 4.59. The molecule has 3 aliphatic rings. The summed E-state index contributed by atoms with van der Waals surface area (Å²) >= 11 is -0.141. The Kier molecular flexibility index (Phi) is 10.4. The maximum atomic E-state index is 12.7. The fourth-order valence-electron chi connectivity index (χ4n) is 5.87. The van der Waals surface area contributed by atoms with Crippen LogP contribution in [0, 0.1) is 11.8 Å². The number of aldehydes is 1. The van der Waals surface area contributed by atoms with Gasteiger partial charge in [0.15, 0.2) is 0 Å². The molecule has 2 N–H and O–H groups in total. The van der Waals surface area contributed by atoms with E-state index in [1.807, 2.05) is 0 Å². The van der Waals surface area contributed by atoms with Crippen molar-refractivity contribution < 1.29 is 27.5 Å². The number of ether oxygens (including phenoxy) is 1. The van der Waals surface area contributed by atoms with Crippen molar-refractivity contribution in [1.82, 2.24) is 15.1 Å². The quantitative estimate of drug-likeness (QED) is 0.269. The van der Waals surface area contributed by atoms with E-state index in [0.29, 0.717) is 24.7 Å². The van der Waals surface area contributed by atoms with Crippen LogP contribution in [0.1, 0.15) is 32.6 Å². The molecule has 0 aromatic heterocycles. The van der Waals surface area contributed by atoms with Gasteiger partial charge in [-0.05, 0) is 103 Å². The molecule has 1 aromatic rings. The minimum absolute atomic E-state index is 0.141. The summed E-state index contributed by atoms with van der Waals surface area (Å²) in [5, 5.41) is 6.19. The van der Waals surface area contributed by atoms with Crippen molar-refractivity contribution in [1.29, 1.82) is 0 Å². The van der Waals surface area contributed by atoms with E-state index in [1.165, 1.54) is 29.0 Å². The monoisotopic (exact) mass is 672 g/mol. The number of dihydropyridines is 1. The Bertz CT molecular complexity index is 1150. The Labute approximate surface area is 243 Å². The second-order valence-corrected chi connectivity index (χ2v) is 11.9. The number of nitrogens with zero attached hydrogens (tertiary/aromatic N) is 2. The van der Waals surface area contributed by atoms with Crippen LogP contribution in [0.25, 0.3) is 0 Å². The van der Waals surface area contributed by atoms with Gasteiger partial charge < -0.3 is 25.1 Å². The molecular weight excluding hydrogens is 636 g/mol. The summed E-state index contributed by atoms with van der Waals surface area (Å²) in [5.41, 5.74) is 4.31. The second kappa shape index (κ2) is 13.8. The Hall–Kier alpha value is -2.67. The van der Waals surface area contributed by atoms with Gasteiger partial charge in [-0.1, -0.05) is 10.6 Å². The van der Waals surface area contributed by atoms with Crippen molar-refractivity contribution in [3.05, 3.63) is 57.3 Å². The van der Waals surface area contributed by atoms with Gasteiger partial charge in [0.25, 0.3) is 0 Å². The number of likely N-dealkylation sites (tertiary alicyclic amines) is 2. The summed E-state index contributed by atoms with van der Waals surface area (Å²) in [6.45, 7) is 5.79. The zero-order chi connectivity index (χ0) is 28.7. The molecule has 0 radical (unpaired) electrons. The van der Waals surface area contributed by atoms with Crippen molar-refractivity contribution in [2.75, 3.05) is 38.0 Å². The first-order valence-corrected chi connectivity index (χ1v) is 16.3. The summed E-state index contributed by atoms with van der Waals surface area (Å²) in [5.74, 6) is 0.324. The number of rotatable bonds is 8. The van der Waals surface area contributed by atoms with Gasteiger partial charge in [-0.2, -0.15) is 0 Å². The number of hydrogen-bond acceptors (Lipinski definition) is 5. The fraction of sp³-hybridized carbons (Fsp3) is 0.483. The summed E-state index contributed by atoms with van der Waals surface area (Å²) in [6.07, 6.45) is 4.24. The highest BCUT2D eigenvalue weighted by Crippen LogP contribution is 2.34. The molecule has 0 bridgehead atoms. The molecule has 1 aromatic carbocycles. The molecule has 40 heavy (non-hydrogen) atoms. The number of piperidine rings is 2. The lowest BCUT2D eigenvalue weighted by Crippen LogP contribution is -2.50. The van der Waals surface area contributed by atoms with Crippen LogP contribution in [0.15, 0.2) is 57.3 Å². The Morgan fingerprint density at radius 1 is 1.15 bits per heavy atom. The number of carbonyl (C=O) groups excluding carboxylic acids is 2. The number of halogens is 4. The van der Waals surface area contributed by atoms with Gasteiger partial charge >= 0.3 is 12.4 Å². The lowest BCUT2D eigenvalue weighted by atomic mass is 9.81. The van der Waals surface area contributed by atoms with Crippen LogP contribution in [-0.4, -0.2) is 71.8 Å². The van der Waals surface area contributed by atoms with Crippen molar-refractivity contribution >= 4 is 43.3 Å². The average molecular weight is 673 g/mol. The predicted octanol–water partition coefficient (Wildman–Crippen LogP) is 5.83. The number of alkyl halides is 3. The minimum Gasteiger partial charge on any atom is -0.406 e. The molecule has 3 aliphatic heterocycles. The van der Waals surface area contributed by atoms with Crippen molar-refractivity contribution in [3.63, 3.8) is 0 Å². The SMILES string of the molecule is C=I/C=C\C1=C(C)C(C2CCN(C(C=O)C3CCN(C(=O)Nc4ccc(OC(F)(F)F)cc4)CC3)CC2)=CCN1. The molecule has 7 nitrogen and oxygen atoms in total. The second-order valence-electron chi connectivity index (χ2n) is 10.3. The highest BCUT2D eigenvalue weighted by Gasteiger charge is 2.35. The molecule has 1 unspecified atom stereocenters.